The maximum Gasteiger partial charge on any atom is 0.274 e. The molecule has 1 aliphatic carbocycles. The topological polar surface area (TPSA) is 87.9 Å². The Hall–Kier alpha value is -2.68. The lowest BCUT2D eigenvalue weighted by Crippen LogP contribution is -2.16. The minimum Gasteiger partial charge on any atom is -0.492 e. The van der Waals surface area contributed by atoms with E-state index in [0.717, 1.165) is 0 Å². The fraction of sp³-hybridized carbons (Fsp3) is 0.316. The van der Waals surface area contributed by atoms with E-state index < -0.39 is 21.6 Å². The highest BCUT2D eigenvalue weighted by molar-refractivity contribution is 7.91. The van der Waals surface area contributed by atoms with E-state index in [1.54, 1.807) is 37.6 Å². The summed E-state index contributed by atoms with van der Waals surface area (Å²) in [4.78, 5) is 15.5. The van der Waals surface area contributed by atoms with Crippen LogP contribution in [0.3, 0.4) is 0 Å². The van der Waals surface area contributed by atoms with Gasteiger partial charge in [0, 0.05) is 53.5 Å². The van der Waals surface area contributed by atoms with E-state index in [9.17, 15) is 17.8 Å². The molecule has 1 aromatic carbocycles. The summed E-state index contributed by atoms with van der Waals surface area (Å²) in [5.41, 5.74) is 1.32. The van der Waals surface area contributed by atoms with Gasteiger partial charge in [-0.3, -0.25) is 4.79 Å². The zero-order valence-electron chi connectivity index (χ0n) is 15.3. The van der Waals surface area contributed by atoms with Crippen molar-refractivity contribution in [2.75, 3.05) is 12.9 Å². The van der Waals surface area contributed by atoms with Crippen molar-refractivity contribution in [3.05, 3.63) is 47.0 Å². The van der Waals surface area contributed by atoms with Gasteiger partial charge in [-0.2, -0.15) is 0 Å². The third-order valence-electron chi connectivity index (χ3n) is 4.98. The van der Waals surface area contributed by atoms with Gasteiger partial charge in [-0.05, 0) is 24.3 Å². The monoisotopic (exact) mass is 407 g/mol. The first kappa shape index (κ1) is 18.7. The second-order valence-corrected chi connectivity index (χ2v) is 9.36. The summed E-state index contributed by atoms with van der Waals surface area (Å²) in [6, 6.07) is 6.37. The Labute approximate surface area is 160 Å². The summed E-state index contributed by atoms with van der Waals surface area (Å²) >= 11 is 0. The average Bonchev–Trinajstić information content (AvgIpc) is 3.01. The van der Waals surface area contributed by atoms with E-state index in [1.807, 2.05) is 0 Å². The molecule has 0 radical (unpaired) electrons. The summed E-state index contributed by atoms with van der Waals surface area (Å²) in [6.45, 7) is -0.135. The number of alkyl halides is 2. The van der Waals surface area contributed by atoms with Crippen LogP contribution < -0.4 is 10.3 Å². The molecule has 0 aliphatic heterocycles. The Morgan fingerprint density at radius 2 is 2.07 bits per heavy atom. The first-order chi connectivity index (χ1) is 13.1. The largest absolute Gasteiger partial charge is 0.492 e. The number of H-pyrrole nitrogens is 1. The van der Waals surface area contributed by atoms with Crippen molar-refractivity contribution in [2.24, 2.45) is 13.0 Å². The number of aromatic amines is 1. The summed E-state index contributed by atoms with van der Waals surface area (Å²) in [5.74, 6) is -3.17. The fourth-order valence-electron chi connectivity index (χ4n) is 3.21. The van der Waals surface area contributed by atoms with E-state index >= 15 is 0 Å². The third kappa shape index (κ3) is 3.19. The van der Waals surface area contributed by atoms with Crippen molar-refractivity contribution in [1.82, 2.24) is 9.55 Å². The molecule has 1 aliphatic rings. The Morgan fingerprint density at radius 1 is 1.36 bits per heavy atom. The lowest BCUT2D eigenvalue weighted by atomic mass is 10.0. The predicted molar refractivity (Wildman–Crippen MR) is 103 cm³/mol. The number of ether oxygens (including phenoxy) is 1. The van der Waals surface area contributed by atoms with Crippen LogP contribution in [0.5, 0.6) is 5.75 Å². The van der Waals surface area contributed by atoms with Crippen LogP contribution in [0, 0.1) is 10.7 Å². The van der Waals surface area contributed by atoms with Crippen LogP contribution in [0.4, 0.5) is 8.78 Å². The van der Waals surface area contributed by atoms with Crippen molar-refractivity contribution in [3.63, 3.8) is 0 Å². The standard InChI is InChI=1S/C19H19F2N3O3S/c1-24-9-15(13-5-6-23-17(13)18(24)25)14-7-12(28(2,22)26)3-4-16(14)27-10-11-8-19(11,20)21/h3-7,9,11,22-23H,8,10H2,1-2H3. The van der Waals surface area contributed by atoms with Crippen LogP contribution in [0.15, 0.2) is 46.3 Å². The third-order valence-corrected chi connectivity index (χ3v) is 6.13. The smallest absolute Gasteiger partial charge is 0.274 e. The van der Waals surface area contributed by atoms with Crippen molar-refractivity contribution in [3.8, 4) is 16.9 Å². The lowest BCUT2D eigenvalue weighted by molar-refractivity contribution is 0.0857. The molecule has 28 heavy (non-hydrogen) atoms. The molecule has 2 heterocycles. The van der Waals surface area contributed by atoms with E-state index in [1.165, 1.54) is 16.9 Å². The van der Waals surface area contributed by atoms with Gasteiger partial charge in [0.2, 0.25) is 0 Å². The molecule has 3 aromatic rings. The maximum absolute atomic E-state index is 13.2. The molecule has 148 valence electrons. The number of aromatic nitrogens is 2. The molecule has 2 unspecified atom stereocenters. The first-order valence-corrected chi connectivity index (χ1v) is 10.6. The minimum absolute atomic E-state index is 0.135. The Balaban J connectivity index is 1.87. The van der Waals surface area contributed by atoms with E-state index in [0.29, 0.717) is 32.7 Å². The number of benzene rings is 1. The molecule has 0 spiro atoms. The summed E-state index contributed by atoms with van der Waals surface area (Å²) in [7, 11) is -1.39. The van der Waals surface area contributed by atoms with Gasteiger partial charge in [-0.15, -0.1) is 0 Å². The number of halogens is 2. The lowest BCUT2D eigenvalue weighted by Gasteiger charge is -2.15. The number of hydrogen-bond acceptors (Lipinski definition) is 4. The van der Waals surface area contributed by atoms with Gasteiger partial charge in [-0.1, -0.05) is 0 Å². The second-order valence-electron chi connectivity index (χ2n) is 7.20. The molecular formula is C19H19F2N3O3S. The molecule has 0 amide bonds. The van der Waals surface area contributed by atoms with Crippen LogP contribution in [0.1, 0.15) is 6.42 Å². The fourth-order valence-corrected chi connectivity index (χ4v) is 3.88. The van der Waals surface area contributed by atoms with E-state index in [2.05, 4.69) is 4.98 Å². The molecular weight excluding hydrogens is 388 g/mol. The number of nitrogens with one attached hydrogen (secondary N) is 2. The van der Waals surface area contributed by atoms with Crippen LogP contribution in [-0.2, 0) is 16.8 Å². The summed E-state index contributed by atoms with van der Waals surface area (Å²) in [5, 5.41) is 0.634. The highest BCUT2D eigenvalue weighted by Gasteiger charge is 2.57. The molecule has 2 atom stereocenters. The Morgan fingerprint density at radius 3 is 2.71 bits per heavy atom. The Bertz CT molecular complexity index is 1250. The number of aryl methyl sites for hydroxylation is 1. The van der Waals surface area contributed by atoms with E-state index in [4.69, 9.17) is 9.52 Å². The predicted octanol–water partition coefficient (Wildman–Crippen LogP) is 3.60. The number of hydrogen-bond donors (Lipinski definition) is 2. The molecule has 1 saturated carbocycles. The van der Waals surface area contributed by atoms with Gasteiger partial charge in [0.05, 0.1) is 22.3 Å². The number of fused-ring (bicyclic) bond motifs is 1. The number of nitrogens with zero attached hydrogens (tertiary/aromatic N) is 1. The van der Waals surface area contributed by atoms with Crippen molar-refractivity contribution < 1.29 is 17.7 Å². The molecule has 2 aromatic heterocycles. The quantitative estimate of drug-likeness (QED) is 0.677. The first-order valence-electron chi connectivity index (χ1n) is 8.63. The van der Waals surface area contributed by atoms with Crippen molar-refractivity contribution in [1.29, 1.82) is 4.78 Å². The van der Waals surface area contributed by atoms with Crippen molar-refractivity contribution >= 4 is 20.6 Å². The normalized spacial score (nSPS) is 20.1. The molecule has 0 saturated heterocycles. The molecule has 9 heteroatoms. The zero-order chi connectivity index (χ0) is 20.3. The molecule has 4 rings (SSSR count). The van der Waals surface area contributed by atoms with E-state index in [-0.39, 0.29) is 18.6 Å². The molecule has 6 nitrogen and oxygen atoms in total. The van der Waals surface area contributed by atoms with Gasteiger partial charge in [0.25, 0.3) is 11.5 Å². The number of rotatable bonds is 5. The summed E-state index contributed by atoms with van der Waals surface area (Å²) in [6.07, 6.45) is 4.37. The Kier molecular flexibility index (Phi) is 4.11. The second kappa shape index (κ2) is 6.16. The molecule has 1 fully saturated rings. The molecule has 2 N–H and O–H groups in total. The SMILES string of the molecule is Cn1cc(-c2cc(S(C)(=N)=O)ccc2OCC2CC2(F)F)c2cc[nH]c2c1=O. The van der Waals surface area contributed by atoms with Crippen LogP contribution in [-0.4, -0.2) is 32.5 Å². The van der Waals surface area contributed by atoms with Gasteiger partial charge in [-0.25, -0.2) is 17.8 Å². The summed E-state index contributed by atoms with van der Waals surface area (Å²) < 4.78 is 53.6. The maximum atomic E-state index is 13.2. The average molecular weight is 407 g/mol. The van der Waals surface area contributed by atoms with Crippen LogP contribution in [0.2, 0.25) is 0 Å². The molecule has 0 bridgehead atoms. The van der Waals surface area contributed by atoms with Gasteiger partial charge >= 0.3 is 0 Å². The van der Waals surface area contributed by atoms with Crippen molar-refractivity contribution in [2.45, 2.75) is 17.2 Å². The number of pyridine rings is 1. The van der Waals surface area contributed by atoms with Gasteiger partial charge in [0.15, 0.2) is 0 Å². The zero-order valence-corrected chi connectivity index (χ0v) is 16.1. The minimum atomic E-state index is -3.00. The highest BCUT2D eigenvalue weighted by atomic mass is 32.2. The van der Waals surface area contributed by atoms with Gasteiger partial charge in [0.1, 0.15) is 11.3 Å². The highest BCUT2D eigenvalue weighted by Crippen LogP contribution is 2.49. The van der Waals surface area contributed by atoms with Gasteiger partial charge < -0.3 is 14.3 Å². The van der Waals surface area contributed by atoms with Crippen LogP contribution >= 0.6 is 0 Å². The van der Waals surface area contributed by atoms with Crippen LogP contribution in [0.25, 0.3) is 22.0 Å².